The third-order valence-electron chi connectivity index (χ3n) is 5.64. The maximum atomic E-state index is 13.4. The van der Waals surface area contributed by atoms with E-state index in [0.29, 0.717) is 40.7 Å². The molecule has 0 radical (unpaired) electrons. The Morgan fingerprint density at radius 2 is 1.88 bits per heavy atom. The highest BCUT2D eigenvalue weighted by Gasteiger charge is 2.37. The van der Waals surface area contributed by atoms with Gasteiger partial charge in [0.05, 0.1) is 18.7 Å². The van der Waals surface area contributed by atoms with E-state index >= 15 is 0 Å². The molecule has 3 rings (SSSR count). The molecule has 0 atom stereocenters. The molecule has 11 heteroatoms. The van der Waals surface area contributed by atoms with Crippen LogP contribution in [0.4, 0.5) is 5.69 Å². The molecule has 0 unspecified atom stereocenters. The van der Waals surface area contributed by atoms with Crippen molar-refractivity contribution in [3.05, 3.63) is 40.2 Å². The number of carbonyl (C=O) groups excluding carboxylic acids is 2. The fourth-order valence-corrected chi connectivity index (χ4v) is 6.15. The highest BCUT2D eigenvalue weighted by atomic mass is 35.5. The number of sulfonamides is 1. The molecule has 0 aliphatic carbocycles. The van der Waals surface area contributed by atoms with Crippen molar-refractivity contribution in [1.29, 1.82) is 0 Å². The van der Waals surface area contributed by atoms with Gasteiger partial charge < -0.3 is 19.8 Å². The standard InChI is InChI=1S/C22H28ClN3O6S/c1-5-32-22(28)19-13(2)24-14(3)20(19)33(29,30)26-10-8-15(9-11-26)21(27)25-16-6-7-18(31-4)17(23)12-16/h6-7,12,15,24H,5,8-11H2,1-4H3,(H,25,27). The summed E-state index contributed by atoms with van der Waals surface area (Å²) in [4.78, 5) is 28.0. The van der Waals surface area contributed by atoms with Crippen LogP contribution in [-0.4, -0.2) is 56.4 Å². The van der Waals surface area contributed by atoms with Crippen molar-refractivity contribution in [3.8, 4) is 5.75 Å². The van der Waals surface area contributed by atoms with Crippen molar-refractivity contribution in [2.75, 3.05) is 32.1 Å². The summed E-state index contributed by atoms with van der Waals surface area (Å²) < 4.78 is 38.3. The number of aryl methyl sites for hydroxylation is 2. The number of rotatable bonds is 7. The van der Waals surface area contributed by atoms with E-state index in [1.54, 1.807) is 39.0 Å². The summed E-state index contributed by atoms with van der Waals surface area (Å²) in [6.45, 7) is 5.38. The molecule has 2 aromatic rings. The van der Waals surface area contributed by atoms with E-state index in [2.05, 4.69) is 10.3 Å². The zero-order valence-electron chi connectivity index (χ0n) is 19.0. The topological polar surface area (TPSA) is 118 Å². The van der Waals surface area contributed by atoms with Gasteiger partial charge in [-0.2, -0.15) is 4.31 Å². The summed E-state index contributed by atoms with van der Waals surface area (Å²) in [5.74, 6) is -0.721. The molecular weight excluding hydrogens is 470 g/mol. The van der Waals surface area contributed by atoms with Crippen molar-refractivity contribution >= 4 is 39.2 Å². The maximum absolute atomic E-state index is 13.4. The molecule has 2 N–H and O–H groups in total. The maximum Gasteiger partial charge on any atom is 0.341 e. The molecule has 180 valence electrons. The summed E-state index contributed by atoms with van der Waals surface area (Å²) in [6.07, 6.45) is 0.707. The molecule has 9 nitrogen and oxygen atoms in total. The van der Waals surface area contributed by atoms with Crippen molar-refractivity contribution in [1.82, 2.24) is 9.29 Å². The Morgan fingerprint density at radius 1 is 1.21 bits per heavy atom. The SMILES string of the molecule is CCOC(=O)c1c(C)[nH]c(C)c1S(=O)(=O)N1CCC(C(=O)Nc2ccc(OC)c(Cl)c2)CC1. The highest BCUT2D eigenvalue weighted by molar-refractivity contribution is 7.89. The summed E-state index contributed by atoms with van der Waals surface area (Å²) in [6, 6.07) is 4.96. The number of hydrogen-bond acceptors (Lipinski definition) is 6. The lowest BCUT2D eigenvalue weighted by atomic mass is 9.97. The number of hydrogen-bond donors (Lipinski definition) is 2. The van der Waals surface area contributed by atoms with E-state index in [9.17, 15) is 18.0 Å². The van der Waals surface area contributed by atoms with E-state index in [0.717, 1.165) is 0 Å². The van der Waals surface area contributed by atoms with Gasteiger partial charge in [0.1, 0.15) is 16.2 Å². The predicted molar refractivity (Wildman–Crippen MR) is 124 cm³/mol. The number of carbonyl (C=O) groups is 2. The number of amides is 1. The smallest absolute Gasteiger partial charge is 0.341 e. The summed E-state index contributed by atoms with van der Waals surface area (Å²) >= 11 is 6.11. The first kappa shape index (κ1) is 25.1. The number of H-pyrrole nitrogens is 1. The minimum Gasteiger partial charge on any atom is -0.495 e. The van der Waals surface area contributed by atoms with Crippen molar-refractivity contribution in [2.24, 2.45) is 5.92 Å². The molecule has 33 heavy (non-hydrogen) atoms. The fourth-order valence-electron chi connectivity index (χ4n) is 4.01. The number of anilines is 1. The van der Waals surface area contributed by atoms with Gasteiger partial charge in [0, 0.05) is 36.1 Å². The van der Waals surface area contributed by atoms with E-state index in [-0.39, 0.29) is 42.0 Å². The molecule has 2 heterocycles. The quantitative estimate of drug-likeness (QED) is 0.565. The second kappa shape index (κ2) is 10.1. The van der Waals surface area contributed by atoms with Gasteiger partial charge in [0.25, 0.3) is 0 Å². The third kappa shape index (κ3) is 5.18. The number of piperidine rings is 1. The van der Waals surface area contributed by atoms with Gasteiger partial charge >= 0.3 is 5.97 Å². The minimum absolute atomic E-state index is 0.0330. The first-order chi connectivity index (χ1) is 15.6. The molecule has 1 aliphatic heterocycles. The zero-order chi connectivity index (χ0) is 24.3. The first-order valence-electron chi connectivity index (χ1n) is 10.6. The van der Waals surface area contributed by atoms with E-state index in [1.165, 1.54) is 11.4 Å². The van der Waals surface area contributed by atoms with Crippen molar-refractivity contribution in [2.45, 2.75) is 38.5 Å². The van der Waals surface area contributed by atoms with Crippen LogP contribution in [0.1, 0.15) is 41.5 Å². The lowest BCUT2D eigenvalue weighted by molar-refractivity contribution is -0.120. The second-order valence-corrected chi connectivity index (χ2v) is 10.1. The lowest BCUT2D eigenvalue weighted by Gasteiger charge is -2.30. The molecule has 1 saturated heterocycles. The van der Waals surface area contributed by atoms with Crippen LogP contribution in [0.5, 0.6) is 5.75 Å². The number of nitrogens with zero attached hydrogens (tertiary/aromatic N) is 1. The Kier molecular flexibility index (Phi) is 7.71. The van der Waals surface area contributed by atoms with Crippen molar-refractivity contribution in [3.63, 3.8) is 0 Å². The van der Waals surface area contributed by atoms with Crippen LogP contribution in [0.3, 0.4) is 0 Å². The van der Waals surface area contributed by atoms with Crippen LogP contribution in [0, 0.1) is 19.8 Å². The number of benzene rings is 1. The number of aromatic nitrogens is 1. The van der Waals surface area contributed by atoms with Crippen LogP contribution < -0.4 is 10.1 Å². The second-order valence-electron chi connectivity index (χ2n) is 7.82. The Labute approximate surface area is 198 Å². The van der Waals surface area contributed by atoms with E-state index < -0.39 is 16.0 Å². The fraction of sp³-hybridized carbons (Fsp3) is 0.455. The van der Waals surface area contributed by atoms with Gasteiger partial charge in [-0.15, -0.1) is 0 Å². The third-order valence-corrected chi connectivity index (χ3v) is 8.01. The van der Waals surface area contributed by atoms with Crippen LogP contribution >= 0.6 is 11.6 Å². The largest absolute Gasteiger partial charge is 0.495 e. The van der Waals surface area contributed by atoms with Gasteiger partial charge in [-0.1, -0.05) is 11.6 Å². The Bertz CT molecular complexity index is 1150. The average Bonchev–Trinajstić information content (AvgIpc) is 3.08. The van der Waals surface area contributed by atoms with Crippen LogP contribution in [-0.2, 0) is 19.6 Å². The zero-order valence-corrected chi connectivity index (χ0v) is 20.6. The number of ether oxygens (including phenoxy) is 2. The molecule has 1 fully saturated rings. The predicted octanol–water partition coefficient (Wildman–Crippen LogP) is 3.51. The van der Waals surface area contributed by atoms with Gasteiger partial charge in [0.2, 0.25) is 15.9 Å². The lowest BCUT2D eigenvalue weighted by Crippen LogP contribution is -2.41. The molecular formula is C22H28ClN3O6S. The molecule has 0 spiro atoms. The summed E-state index contributed by atoms with van der Waals surface area (Å²) in [7, 11) is -2.44. The molecule has 1 amide bonds. The van der Waals surface area contributed by atoms with Crippen LogP contribution in [0.2, 0.25) is 5.02 Å². The minimum atomic E-state index is -3.95. The molecule has 0 bridgehead atoms. The number of halogens is 1. The summed E-state index contributed by atoms with van der Waals surface area (Å²) in [5, 5.41) is 3.21. The Morgan fingerprint density at radius 3 is 2.45 bits per heavy atom. The summed E-state index contributed by atoms with van der Waals surface area (Å²) in [5.41, 5.74) is 1.40. The van der Waals surface area contributed by atoms with Gasteiger partial charge in [-0.3, -0.25) is 4.79 Å². The average molecular weight is 498 g/mol. The van der Waals surface area contributed by atoms with Crippen LogP contribution in [0.15, 0.2) is 23.1 Å². The first-order valence-corrected chi connectivity index (χ1v) is 12.4. The highest BCUT2D eigenvalue weighted by Crippen LogP contribution is 2.31. The van der Waals surface area contributed by atoms with Gasteiger partial charge in [-0.25, -0.2) is 13.2 Å². The van der Waals surface area contributed by atoms with E-state index in [4.69, 9.17) is 21.1 Å². The van der Waals surface area contributed by atoms with Gasteiger partial charge in [0.15, 0.2) is 0 Å². The molecule has 1 aliphatic rings. The van der Waals surface area contributed by atoms with E-state index in [1.807, 2.05) is 0 Å². The van der Waals surface area contributed by atoms with Gasteiger partial charge in [-0.05, 0) is 51.8 Å². The monoisotopic (exact) mass is 497 g/mol. The Balaban J connectivity index is 1.71. The molecule has 1 aromatic heterocycles. The molecule has 1 aromatic carbocycles. The number of aromatic amines is 1. The Hall–Kier alpha value is -2.56. The number of esters is 1. The van der Waals surface area contributed by atoms with Crippen LogP contribution in [0.25, 0.3) is 0 Å². The molecule has 0 saturated carbocycles. The van der Waals surface area contributed by atoms with Crippen molar-refractivity contribution < 1.29 is 27.5 Å². The normalized spacial score (nSPS) is 15.3. The number of nitrogens with one attached hydrogen (secondary N) is 2. The number of methoxy groups -OCH3 is 1.